The Kier molecular flexibility index (Phi) is 8.06. The fourth-order valence-electron chi connectivity index (χ4n) is 3.78. The van der Waals surface area contributed by atoms with Crippen molar-refractivity contribution in [2.45, 2.75) is 32.4 Å². The monoisotopic (exact) mass is 428 g/mol. The number of aryl methyl sites for hydroxylation is 2. The number of morpholine rings is 1. The fraction of sp³-hybridized carbons (Fsp3) is 0.565. The molecule has 1 aromatic carbocycles. The maximum Gasteiger partial charge on any atom is 0.191 e. The van der Waals surface area contributed by atoms with E-state index in [1.165, 1.54) is 11.1 Å². The Hall–Kier alpha value is -2.42. The Morgan fingerprint density at radius 3 is 2.74 bits per heavy atom. The highest BCUT2D eigenvalue weighted by Gasteiger charge is 2.26. The van der Waals surface area contributed by atoms with Crippen LogP contribution in [0.25, 0.3) is 0 Å². The van der Waals surface area contributed by atoms with E-state index in [4.69, 9.17) is 4.74 Å². The zero-order valence-corrected chi connectivity index (χ0v) is 19.1. The first-order valence-electron chi connectivity index (χ1n) is 11.0. The van der Waals surface area contributed by atoms with Crippen LogP contribution in [0.1, 0.15) is 36.6 Å². The number of nitrogens with zero attached hydrogens (tertiary/aromatic N) is 4. The number of aromatic nitrogens is 2. The molecule has 1 aliphatic rings. The Morgan fingerprint density at radius 2 is 2.10 bits per heavy atom. The number of ether oxygens (including phenoxy) is 1. The van der Waals surface area contributed by atoms with Crippen LogP contribution < -0.4 is 10.6 Å². The smallest absolute Gasteiger partial charge is 0.191 e. The third kappa shape index (κ3) is 6.53. The Bertz CT molecular complexity index is 857. The van der Waals surface area contributed by atoms with Crippen molar-refractivity contribution in [3.8, 4) is 0 Å². The molecule has 0 spiro atoms. The number of rotatable bonds is 8. The van der Waals surface area contributed by atoms with Gasteiger partial charge in [0, 0.05) is 45.0 Å². The van der Waals surface area contributed by atoms with Crippen LogP contribution >= 0.6 is 0 Å². The molecule has 1 fully saturated rings. The molecule has 1 aromatic heterocycles. The summed E-state index contributed by atoms with van der Waals surface area (Å²) >= 11 is 0. The van der Waals surface area contributed by atoms with Gasteiger partial charge in [-0.3, -0.25) is 9.58 Å². The number of hydrogen-bond donors (Lipinski definition) is 3. The molecule has 0 saturated carbocycles. The standard InChI is InChI=1S/C23H36N6O2/c1-5-24-22(26-17-23(3,30)20-14-27-28(4)16-20)25-15-21(29-9-11-31-12-10-29)19-8-6-7-18(2)13-19/h6-8,13-14,16,21,30H,5,9-12,15,17H2,1-4H3,(H2,24,25,26). The number of benzene rings is 1. The molecule has 3 N–H and O–H groups in total. The zero-order valence-electron chi connectivity index (χ0n) is 19.1. The van der Waals surface area contributed by atoms with Gasteiger partial charge >= 0.3 is 0 Å². The maximum atomic E-state index is 10.9. The number of nitrogens with one attached hydrogen (secondary N) is 2. The first kappa shape index (κ1) is 23.2. The minimum Gasteiger partial charge on any atom is -0.383 e. The average molecular weight is 429 g/mol. The number of guanidine groups is 1. The van der Waals surface area contributed by atoms with Crippen molar-refractivity contribution in [1.82, 2.24) is 25.3 Å². The van der Waals surface area contributed by atoms with E-state index in [0.29, 0.717) is 12.5 Å². The van der Waals surface area contributed by atoms with Gasteiger partial charge in [-0.1, -0.05) is 29.8 Å². The molecule has 1 aliphatic heterocycles. The third-order valence-electron chi connectivity index (χ3n) is 5.59. The zero-order chi connectivity index (χ0) is 22.3. The molecule has 31 heavy (non-hydrogen) atoms. The van der Waals surface area contributed by atoms with Crippen LogP contribution in [0.5, 0.6) is 0 Å². The van der Waals surface area contributed by atoms with Gasteiger partial charge in [0.25, 0.3) is 0 Å². The van der Waals surface area contributed by atoms with E-state index in [2.05, 4.69) is 56.8 Å². The second kappa shape index (κ2) is 10.7. The van der Waals surface area contributed by atoms with Crippen LogP contribution in [0, 0.1) is 6.92 Å². The predicted molar refractivity (Wildman–Crippen MR) is 123 cm³/mol. The molecule has 2 heterocycles. The molecule has 3 rings (SSSR count). The van der Waals surface area contributed by atoms with Gasteiger partial charge in [0.05, 0.1) is 32.0 Å². The van der Waals surface area contributed by atoms with Gasteiger partial charge in [-0.05, 0) is 26.3 Å². The lowest BCUT2D eigenvalue weighted by atomic mass is 10.0. The number of aliphatic imine (C=N–C) groups is 1. The van der Waals surface area contributed by atoms with Crippen molar-refractivity contribution in [2.75, 3.05) is 45.9 Å². The quantitative estimate of drug-likeness (QED) is 0.437. The van der Waals surface area contributed by atoms with Crippen molar-refractivity contribution >= 4 is 5.96 Å². The summed E-state index contributed by atoms with van der Waals surface area (Å²) in [6, 6.07) is 8.89. The van der Waals surface area contributed by atoms with Crippen molar-refractivity contribution in [1.29, 1.82) is 0 Å². The Balaban J connectivity index is 1.72. The van der Waals surface area contributed by atoms with Crippen molar-refractivity contribution in [2.24, 2.45) is 12.0 Å². The molecule has 1 saturated heterocycles. The summed E-state index contributed by atoms with van der Waals surface area (Å²) < 4.78 is 7.25. The summed E-state index contributed by atoms with van der Waals surface area (Å²) in [5.74, 6) is 0.692. The van der Waals surface area contributed by atoms with E-state index >= 15 is 0 Å². The van der Waals surface area contributed by atoms with Crippen molar-refractivity contribution < 1.29 is 9.84 Å². The SMILES string of the molecule is CCNC(=NCC(C)(O)c1cnn(C)c1)NCC(c1cccc(C)c1)N1CCOCC1. The van der Waals surface area contributed by atoms with Crippen LogP contribution in [0.2, 0.25) is 0 Å². The Labute approximate surface area is 185 Å². The highest BCUT2D eigenvalue weighted by Crippen LogP contribution is 2.23. The molecular formula is C23H36N6O2. The summed E-state index contributed by atoms with van der Waals surface area (Å²) in [4.78, 5) is 7.12. The molecule has 8 heteroatoms. The van der Waals surface area contributed by atoms with E-state index in [9.17, 15) is 5.11 Å². The van der Waals surface area contributed by atoms with Crippen LogP contribution in [0.15, 0.2) is 41.7 Å². The molecule has 2 atom stereocenters. The summed E-state index contributed by atoms with van der Waals surface area (Å²) in [5.41, 5.74) is 2.20. The molecule has 0 radical (unpaired) electrons. The topological polar surface area (TPSA) is 86.9 Å². The minimum absolute atomic E-state index is 0.214. The van der Waals surface area contributed by atoms with Crippen LogP contribution in [0.3, 0.4) is 0 Å². The number of aliphatic hydroxyl groups is 1. The van der Waals surface area contributed by atoms with Gasteiger partial charge in [-0.15, -0.1) is 0 Å². The van der Waals surface area contributed by atoms with Crippen molar-refractivity contribution in [3.05, 3.63) is 53.3 Å². The molecule has 2 unspecified atom stereocenters. The lowest BCUT2D eigenvalue weighted by Crippen LogP contribution is -2.46. The maximum absolute atomic E-state index is 10.9. The normalized spacial score (nSPS) is 18.4. The summed E-state index contributed by atoms with van der Waals surface area (Å²) in [7, 11) is 1.84. The van der Waals surface area contributed by atoms with Gasteiger partial charge in [-0.25, -0.2) is 4.99 Å². The molecule has 8 nitrogen and oxygen atoms in total. The lowest BCUT2D eigenvalue weighted by Gasteiger charge is -2.35. The van der Waals surface area contributed by atoms with Gasteiger partial charge < -0.3 is 20.5 Å². The summed E-state index contributed by atoms with van der Waals surface area (Å²) in [6.45, 7) is 10.9. The summed E-state index contributed by atoms with van der Waals surface area (Å²) in [6.07, 6.45) is 3.50. The van der Waals surface area contributed by atoms with Crippen LogP contribution in [-0.4, -0.2) is 71.7 Å². The van der Waals surface area contributed by atoms with Crippen molar-refractivity contribution in [3.63, 3.8) is 0 Å². The second-order valence-electron chi connectivity index (χ2n) is 8.33. The second-order valence-corrected chi connectivity index (χ2v) is 8.33. The molecule has 2 aromatic rings. The van der Waals surface area contributed by atoms with E-state index < -0.39 is 5.60 Å². The minimum atomic E-state index is -1.09. The lowest BCUT2D eigenvalue weighted by molar-refractivity contribution is 0.0169. The first-order chi connectivity index (χ1) is 14.9. The van der Waals surface area contributed by atoms with Gasteiger partial charge in [0.1, 0.15) is 5.60 Å². The molecule has 0 amide bonds. The van der Waals surface area contributed by atoms with E-state index in [-0.39, 0.29) is 12.6 Å². The molecule has 170 valence electrons. The third-order valence-corrected chi connectivity index (χ3v) is 5.59. The molecular weight excluding hydrogens is 392 g/mol. The van der Waals surface area contributed by atoms with E-state index in [1.807, 2.05) is 20.2 Å². The fourth-order valence-corrected chi connectivity index (χ4v) is 3.78. The highest BCUT2D eigenvalue weighted by molar-refractivity contribution is 5.79. The van der Waals surface area contributed by atoms with E-state index in [1.54, 1.807) is 17.8 Å². The van der Waals surface area contributed by atoms with Crippen LogP contribution in [0.4, 0.5) is 0 Å². The average Bonchev–Trinajstić information content (AvgIpc) is 3.20. The molecule has 0 bridgehead atoms. The largest absolute Gasteiger partial charge is 0.383 e. The highest BCUT2D eigenvalue weighted by atomic mass is 16.5. The molecule has 0 aliphatic carbocycles. The summed E-state index contributed by atoms with van der Waals surface area (Å²) in [5, 5.41) is 21.8. The van der Waals surface area contributed by atoms with Gasteiger partial charge in [0.2, 0.25) is 0 Å². The van der Waals surface area contributed by atoms with E-state index in [0.717, 1.165) is 38.4 Å². The van der Waals surface area contributed by atoms with Gasteiger partial charge in [0.15, 0.2) is 5.96 Å². The Morgan fingerprint density at radius 1 is 1.32 bits per heavy atom. The van der Waals surface area contributed by atoms with Crippen LogP contribution in [-0.2, 0) is 17.4 Å². The predicted octanol–water partition coefficient (Wildman–Crippen LogP) is 1.56. The number of hydrogen-bond acceptors (Lipinski definition) is 5. The van der Waals surface area contributed by atoms with Gasteiger partial charge in [-0.2, -0.15) is 5.10 Å². The first-order valence-corrected chi connectivity index (χ1v) is 11.0.